The van der Waals surface area contributed by atoms with Gasteiger partial charge in [0.1, 0.15) is 0 Å². The van der Waals surface area contributed by atoms with E-state index >= 15 is 0 Å². The van der Waals surface area contributed by atoms with Crippen LogP contribution in [0.5, 0.6) is 0 Å². The summed E-state index contributed by atoms with van der Waals surface area (Å²) in [5, 5.41) is 0. The fourth-order valence-corrected chi connectivity index (χ4v) is 3.70. The molecule has 2 fully saturated rings. The summed E-state index contributed by atoms with van der Waals surface area (Å²) in [6.07, 6.45) is 0. The lowest BCUT2D eigenvalue weighted by atomic mass is 9.90. The van der Waals surface area contributed by atoms with Gasteiger partial charge in [-0.3, -0.25) is 0 Å². The van der Waals surface area contributed by atoms with E-state index in [1.807, 2.05) is 6.07 Å². The van der Waals surface area contributed by atoms with Crippen LogP contribution in [0.3, 0.4) is 0 Å². The average Bonchev–Trinajstić information content (AvgIpc) is 2.67. The van der Waals surface area contributed by atoms with Gasteiger partial charge in [0.15, 0.2) is 0 Å². The van der Waals surface area contributed by atoms with Crippen LogP contribution >= 0.6 is 0 Å². The maximum Gasteiger partial charge on any atom is 0.0726 e. The van der Waals surface area contributed by atoms with E-state index in [0.29, 0.717) is 19.8 Å². The fourth-order valence-electron chi connectivity index (χ4n) is 3.70. The van der Waals surface area contributed by atoms with Crippen LogP contribution in [0, 0.1) is 10.8 Å². The van der Waals surface area contributed by atoms with E-state index < -0.39 is 0 Å². The lowest BCUT2D eigenvalue weighted by molar-refractivity contribution is -0.141. The number of hydrogen-bond acceptors (Lipinski definition) is 4. The van der Waals surface area contributed by atoms with Gasteiger partial charge < -0.3 is 18.9 Å². The second-order valence-corrected chi connectivity index (χ2v) is 8.90. The van der Waals surface area contributed by atoms with Crippen molar-refractivity contribution in [3.8, 4) is 11.1 Å². The van der Waals surface area contributed by atoms with Crippen molar-refractivity contribution in [3.05, 3.63) is 59.7 Å². The second-order valence-electron chi connectivity index (χ2n) is 8.90. The van der Waals surface area contributed by atoms with E-state index in [0.717, 1.165) is 33.0 Å². The normalized spacial score (nSPS) is 19.6. The molecule has 0 saturated carbocycles. The molecule has 0 aromatic heterocycles. The largest absolute Gasteiger partial charge is 0.380 e. The van der Waals surface area contributed by atoms with Crippen molar-refractivity contribution in [3.63, 3.8) is 0 Å². The highest BCUT2D eigenvalue weighted by molar-refractivity contribution is 5.68. The van der Waals surface area contributed by atoms with Gasteiger partial charge in [-0.1, -0.05) is 62.4 Å². The Hall–Kier alpha value is -1.72. The lowest BCUT2D eigenvalue weighted by Crippen LogP contribution is -2.43. The maximum atomic E-state index is 6.15. The van der Waals surface area contributed by atoms with Crippen LogP contribution in [-0.2, 0) is 32.2 Å². The minimum atomic E-state index is 0.150. The van der Waals surface area contributed by atoms with Crippen molar-refractivity contribution in [2.24, 2.45) is 10.8 Å². The first-order valence-corrected chi connectivity index (χ1v) is 10.0. The molecule has 4 rings (SSSR count). The molecule has 4 heteroatoms. The van der Waals surface area contributed by atoms with Gasteiger partial charge in [0.25, 0.3) is 0 Å². The van der Waals surface area contributed by atoms with Gasteiger partial charge in [-0.05, 0) is 22.3 Å². The molecule has 0 aliphatic carbocycles. The monoisotopic (exact) mass is 382 g/mol. The first-order chi connectivity index (χ1) is 13.6. The molecule has 4 nitrogen and oxygen atoms in total. The Labute approximate surface area is 167 Å². The summed E-state index contributed by atoms with van der Waals surface area (Å²) < 4.78 is 22.9. The van der Waals surface area contributed by atoms with Crippen LogP contribution in [0.4, 0.5) is 0 Å². The number of benzene rings is 2. The molecule has 2 aromatic rings. The number of rotatable bonds is 9. The number of ether oxygens (including phenoxy) is 4. The second kappa shape index (κ2) is 8.34. The van der Waals surface area contributed by atoms with Gasteiger partial charge >= 0.3 is 0 Å². The van der Waals surface area contributed by atoms with Crippen LogP contribution < -0.4 is 0 Å². The molecule has 2 saturated heterocycles. The third-order valence-electron chi connectivity index (χ3n) is 5.56. The molecule has 0 amide bonds. The van der Waals surface area contributed by atoms with E-state index in [4.69, 9.17) is 18.9 Å². The number of hydrogen-bond donors (Lipinski definition) is 0. The molecule has 0 radical (unpaired) electrons. The molecule has 2 aromatic carbocycles. The Morgan fingerprint density at radius 1 is 0.750 bits per heavy atom. The van der Waals surface area contributed by atoms with Gasteiger partial charge in [0.2, 0.25) is 0 Å². The fraction of sp³-hybridized carbons (Fsp3) is 0.500. The van der Waals surface area contributed by atoms with Gasteiger partial charge in [-0.25, -0.2) is 0 Å². The zero-order valence-electron chi connectivity index (χ0n) is 16.9. The molecule has 0 unspecified atom stereocenters. The smallest absolute Gasteiger partial charge is 0.0726 e. The predicted octanol–water partition coefficient (Wildman–Crippen LogP) is 4.46. The van der Waals surface area contributed by atoms with Crippen molar-refractivity contribution in [2.75, 3.05) is 39.6 Å². The lowest BCUT2D eigenvalue weighted by Gasteiger charge is -2.38. The molecule has 150 valence electrons. The van der Waals surface area contributed by atoms with Gasteiger partial charge in [0.05, 0.1) is 52.9 Å². The highest BCUT2D eigenvalue weighted by Crippen LogP contribution is 2.31. The highest BCUT2D eigenvalue weighted by Gasteiger charge is 2.34. The van der Waals surface area contributed by atoms with Crippen LogP contribution in [0.15, 0.2) is 48.5 Å². The summed E-state index contributed by atoms with van der Waals surface area (Å²) >= 11 is 0. The Morgan fingerprint density at radius 3 is 1.93 bits per heavy atom. The minimum Gasteiger partial charge on any atom is -0.380 e. The first kappa shape index (κ1) is 19.6. The standard InChI is InChI=1S/C24H30O4/c1-23(15-27-16-23)13-25-11-20-9-6-10-21(19-7-4-3-5-8-19)22(20)12-26-14-24(2)17-28-18-24/h3-10H,11-18H2,1-2H3. The quantitative estimate of drug-likeness (QED) is 0.642. The Morgan fingerprint density at radius 2 is 1.36 bits per heavy atom. The molecular weight excluding hydrogens is 352 g/mol. The molecular formula is C24H30O4. The topological polar surface area (TPSA) is 36.9 Å². The van der Waals surface area contributed by atoms with E-state index in [-0.39, 0.29) is 10.8 Å². The summed E-state index contributed by atoms with van der Waals surface area (Å²) in [4.78, 5) is 0. The highest BCUT2D eigenvalue weighted by atomic mass is 16.5. The Kier molecular flexibility index (Phi) is 5.83. The van der Waals surface area contributed by atoms with Crippen LogP contribution in [0.2, 0.25) is 0 Å². The Bertz CT molecular complexity index is 778. The maximum absolute atomic E-state index is 6.15. The zero-order valence-corrected chi connectivity index (χ0v) is 16.9. The van der Waals surface area contributed by atoms with Crippen molar-refractivity contribution >= 4 is 0 Å². The van der Waals surface area contributed by atoms with E-state index in [2.05, 4.69) is 56.3 Å². The molecule has 0 spiro atoms. The minimum absolute atomic E-state index is 0.150. The summed E-state index contributed by atoms with van der Waals surface area (Å²) in [7, 11) is 0. The van der Waals surface area contributed by atoms with Gasteiger partial charge in [0, 0.05) is 10.8 Å². The zero-order chi connectivity index (χ0) is 19.5. The molecule has 2 aliphatic heterocycles. The molecule has 28 heavy (non-hydrogen) atoms. The van der Waals surface area contributed by atoms with E-state index in [1.54, 1.807) is 0 Å². The summed E-state index contributed by atoms with van der Waals surface area (Å²) in [6.45, 7) is 10.2. The molecule has 2 aliphatic rings. The van der Waals surface area contributed by atoms with Crippen molar-refractivity contribution in [1.29, 1.82) is 0 Å². The van der Waals surface area contributed by atoms with Crippen molar-refractivity contribution in [2.45, 2.75) is 27.1 Å². The third kappa shape index (κ3) is 4.47. The SMILES string of the molecule is CC1(COCc2cccc(-c3ccccc3)c2COCC2(C)COC2)COC1. The van der Waals surface area contributed by atoms with E-state index in [1.165, 1.54) is 22.3 Å². The van der Waals surface area contributed by atoms with E-state index in [9.17, 15) is 0 Å². The molecule has 0 bridgehead atoms. The van der Waals surface area contributed by atoms with Gasteiger partial charge in [-0.2, -0.15) is 0 Å². The summed E-state index contributed by atoms with van der Waals surface area (Å²) in [6, 6.07) is 16.9. The Balaban J connectivity index is 1.50. The molecule has 2 heterocycles. The predicted molar refractivity (Wildman–Crippen MR) is 109 cm³/mol. The summed E-state index contributed by atoms with van der Waals surface area (Å²) in [5.41, 5.74) is 5.15. The van der Waals surface area contributed by atoms with Gasteiger partial charge in [-0.15, -0.1) is 0 Å². The third-order valence-corrected chi connectivity index (χ3v) is 5.56. The average molecular weight is 383 g/mol. The summed E-state index contributed by atoms with van der Waals surface area (Å²) in [5.74, 6) is 0. The van der Waals surface area contributed by atoms with Crippen LogP contribution in [0.25, 0.3) is 11.1 Å². The van der Waals surface area contributed by atoms with Crippen molar-refractivity contribution in [1.82, 2.24) is 0 Å². The van der Waals surface area contributed by atoms with Crippen molar-refractivity contribution < 1.29 is 18.9 Å². The van der Waals surface area contributed by atoms with Crippen LogP contribution in [0.1, 0.15) is 25.0 Å². The first-order valence-electron chi connectivity index (χ1n) is 10.0. The molecule has 0 N–H and O–H groups in total. The van der Waals surface area contributed by atoms with Crippen LogP contribution in [-0.4, -0.2) is 39.6 Å². The molecule has 0 atom stereocenters.